The second kappa shape index (κ2) is 18.2. The van der Waals surface area contributed by atoms with Crippen LogP contribution < -0.4 is 73.5 Å². The molecule has 118 valence electrons. The van der Waals surface area contributed by atoms with Crippen molar-refractivity contribution in [2.45, 2.75) is 6.92 Å². The van der Waals surface area contributed by atoms with Gasteiger partial charge >= 0.3 is 57.4 Å². The number of hydrogen-bond donors (Lipinski definition) is 6. The maximum Gasteiger partial charge on any atom is 1.00 e. The molecule has 0 unspecified atom stereocenters. The molecule has 0 spiro atoms. The van der Waals surface area contributed by atoms with E-state index < -0.39 is 22.4 Å². The number of rotatable bonds is 5. The Morgan fingerprint density at radius 2 is 1.62 bits per heavy atom. The quantitative estimate of drug-likeness (QED) is 0.0720. The summed E-state index contributed by atoms with van der Waals surface area (Å²) in [6.07, 6.45) is 0. The molecule has 13 heteroatoms. The Hall–Kier alpha value is 0.136. The van der Waals surface area contributed by atoms with Crippen molar-refractivity contribution >= 4 is 47.6 Å². The predicted octanol–water partition coefficient (Wildman–Crippen LogP) is -4.15. The number of ether oxygens (including phenoxy) is 2. The molecule has 0 aliphatic carbocycles. The number of hydrazine groups is 2. The van der Waals surface area contributed by atoms with Gasteiger partial charge in [-0.1, -0.05) is 25.3 Å². The Morgan fingerprint density at radius 1 is 1.10 bits per heavy atom. The molecule has 0 radical (unpaired) electrons. The Bertz CT molecular complexity index is 353. The average Bonchev–Trinajstić information content (AvgIpc) is 2.37. The van der Waals surface area contributed by atoms with Gasteiger partial charge in [-0.15, -0.1) is 0 Å². The van der Waals surface area contributed by atoms with Crippen LogP contribution in [0.1, 0.15) is 8.35 Å². The number of nitrogens with one attached hydrogen (secondary N) is 3. The average molecular weight is 368 g/mol. The van der Waals surface area contributed by atoms with E-state index in [0.717, 1.165) is 0 Å². The molecule has 0 aromatic heterocycles. The predicted molar refractivity (Wildman–Crippen MR) is 75.9 cm³/mol. The third kappa shape index (κ3) is 25.4. The standard InChI is InChI=1S/C7H12N2O5S.CH4N2OS.K.H/c1-2-14-6(11)4-13-3-5(10)8-9-7(12)15;2-3-1(4)5;;/h2-4H2,1H3,(H,8,10)(H2,9,12,15);2H2,(H2,3,4,5);;/q;;+1;-1. The van der Waals surface area contributed by atoms with Crippen LogP contribution in [-0.4, -0.2) is 42.2 Å². The Morgan fingerprint density at radius 3 is 2.00 bits per heavy atom. The van der Waals surface area contributed by atoms with Gasteiger partial charge in [0.1, 0.15) is 13.2 Å². The van der Waals surface area contributed by atoms with Gasteiger partial charge in [0.05, 0.1) is 6.61 Å². The molecule has 0 aliphatic rings. The molecule has 21 heavy (non-hydrogen) atoms. The zero-order valence-electron chi connectivity index (χ0n) is 12.5. The first-order valence-electron chi connectivity index (χ1n) is 5.04. The van der Waals surface area contributed by atoms with Crippen molar-refractivity contribution in [2.24, 2.45) is 5.84 Å². The van der Waals surface area contributed by atoms with Crippen LogP contribution >= 0.6 is 25.3 Å². The molecule has 0 rings (SSSR count). The fourth-order valence-corrected chi connectivity index (χ4v) is 0.645. The van der Waals surface area contributed by atoms with Gasteiger partial charge in [-0.2, -0.15) is 0 Å². The van der Waals surface area contributed by atoms with Crippen LogP contribution in [0.4, 0.5) is 9.59 Å². The number of carbonyl (C=O) groups is 4. The van der Waals surface area contributed by atoms with E-state index >= 15 is 0 Å². The van der Waals surface area contributed by atoms with Gasteiger partial charge in [-0.25, -0.2) is 10.6 Å². The Balaban J connectivity index is -0.000000201. The topological polar surface area (TPSA) is 149 Å². The van der Waals surface area contributed by atoms with Gasteiger partial charge < -0.3 is 10.9 Å². The van der Waals surface area contributed by atoms with Crippen molar-refractivity contribution in [1.82, 2.24) is 16.3 Å². The first-order valence-corrected chi connectivity index (χ1v) is 5.93. The summed E-state index contributed by atoms with van der Waals surface area (Å²) in [5.74, 6) is 3.35. The molecule has 3 amide bonds. The van der Waals surface area contributed by atoms with Crippen LogP contribution in [0.5, 0.6) is 0 Å². The molecule has 10 nitrogen and oxygen atoms in total. The molecule has 0 saturated heterocycles. The third-order valence-electron chi connectivity index (χ3n) is 1.19. The smallest absolute Gasteiger partial charge is 1.00 e. The van der Waals surface area contributed by atoms with E-state index in [1.807, 2.05) is 10.9 Å². The Kier molecular flexibility index (Phi) is 22.6. The van der Waals surface area contributed by atoms with E-state index in [9.17, 15) is 19.2 Å². The number of carbonyl (C=O) groups excluding carboxylic acids is 4. The van der Waals surface area contributed by atoms with E-state index in [-0.39, 0.29) is 72.6 Å². The summed E-state index contributed by atoms with van der Waals surface area (Å²) in [5, 5.41) is -1.22. The summed E-state index contributed by atoms with van der Waals surface area (Å²) in [7, 11) is 0. The van der Waals surface area contributed by atoms with Gasteiger partial charge in [-0.05, 0) is 6.92 Å². The van der Waals surface area contributed by atoms with Crippen LogP contribution in [0.25, 0.3) is 0 Å². The number of amides is 3. The van der Waals surface area contributed by atoms with Gasteiger partial charge in [0.2, 0.25) is 0 Å². The zero-order valence-corrected chi connectivity index (χ0v) is 16.5. The molecular formula is C8H17KN4O6S2. The van der Waals surface area contributed by atoms with Crippen LogP contribution in [-0.2, 0) is 19.1 Å². The molecule has 0 heterocycles. The minimum Gasteiger partial charge on any atom is -1.00 e. The van der Waals surface area contributed by atoms with Crippen LogP contribution in [0, 0.1) is 0 Å². The van der Waals surface area contributed by atoms with E-state index in [4.69, 9.17) is 0 Å². The largest absolute Gasteiger partial charge is 1.00 e. The first kappa shape index (κ1) is 26.1. The molecule has 0 atom stereocenters. The molecular weight excluding hydrogens is 351 g/mol. The molecule has 5 N–H and O–H groups in total. The van der Waals surface area contributed by atoms with Crippen molar-refractivity contribution < 1.29 is 81.5 Å². The summed E-state index contributed by atoms with van der Waals surface area (Å²) in [4.78, 5) is 41.3. The zero-order chi connectivity index (χ0) is 16.0. The molecule has 0 aromatic carbocycles. The maximum atomic E-state index is 10.8. The minimum atomic E-state index is -0.700. The monoisotopic (exact) mass is 368 g/mol. The van der Waals surface area contributed by atoms with Crippen LogP contribution in [0.3, 0.4) is 0 Å². The summed E-state index contributed by atoms with van der Waals surface area (Å²) in [6.45, 7) is 1.25. The van der Waals surface area contributed by atoms with E-state index in [1.54, 1.807) is 12.3 Å². The van der Waals surface area contributed by atoms with Gasteiger partial charge in [0, 0.05) is 0 Å². The van der Waals surface area contributed by atoms with E-state index in [2.05, 4.69) is 40.6 Å². The molecule has 0 aliphatic heterocycles. The minimum absolute atomic E-state index is 0. The summed E-state index contributed by atoms with van der Waals surface area (Å²) < 4.78 is 9.22. The molecule has 0 aromatic rings. The molecule has 0 fully saturated rings. The van der Waals surface area contributed by atoms with Crippen molar-refractivity contribution in [1.29, 1.82) is 0 Å². The number of thiol groups is 2. The van der Waals surface area contributed by atoms with Crippen LogP contribution in [0.2, 0.25) is 0 Å². The van der Waals surface area contributed by atoms with Gasteiger partial charge in [-0.3, -0.25) is 30.7 Å². The van der Waals surface area contributed by atoms with E-state index in [1.165, 1.54) is 0 Å². The summed E-state index contributed by atoms with van der Waals surface area (Å²) in [5.41, 5.74) is 5.69. The number of esters is 1. The number of nitrogens with two attached hydrogens (primary N) is 1. The second-order valence-corrected chi connectivity index (χ2v) is 3.54. The summed E-state index contributed by atoms with van der Waals surface area (Å²) >= 11 is 6.57. The van der Waals surface area contributed by atoms with E-state index in [0.29, 0.717) is 0 Å². The SMILES string of the molecule is CCOC(=O)COCC(=O)NNC(=O)S.NNC(=O)S.[H-].[K+]. The third-order valence-corrected chi connectivity index (χ3v) is 1.43. The van der Waals surface area contributed by atoms with Crippen molar-refractivity contribution in [2.75, 3.05) is 19.8 Å². The van der Waals surface area contributed by atoms with Crippen molar-refractivity contribution in [3.05, 3.63) is 0 Å². The van der Waals surface area contributed by atoms with Crippen molar-refractivity contribution in [3.8, 4) is 0 Å². The fraction of sp³-hybridized carbons (Fsp3) is 0.500. The van der Waals surface area contributed by atoms with Gasteiger partial charge in [0.25, 0.3) is 16.4 Å². The molecule has 0 bridgehead atoms. The van der Waals surface area contributed by atoms with Crippen LogP contribution in [0.15, 0.2) is 0 Å². The second-order valence-electron chi connectivity index (χ2n) is 2.73. The fourth-order valence-electron chi connectivity index (χ4n) is 0.589. The van der Waals surface area contributed by atoms with Crippen molar-refractivity contribution in [3.63, 3.8) is 0 Å². The van der Waals surface area contributed by atoms with Gasteiger partial charge in [0.15, 0.2) is 0 Å². The molecule has 0 saturated carbocycles. The number of hydrogen-bond acceptors (Lipinski definition) is 7. The first-order chi connectivity index (χ1) is 9.33. The Labute approximate surface area is 176 Å². The summed E-state index contributed by atoms with van der Waals surface area (Å²) in [6, 6.07) is 0. The maximum absolute atomic E-state index is 10.8. The normalized spacial score (nSPS) is 8.19.